The number of aromatic nitrogens is 3. The van der Waals surface area contributed by atoms with Crippen LogP contribution in [0.3, 0.4) is 0 Å². The number of anilines is 1. The van der Waals surface area contributed by atoms with Gasteiger partial charge >= 0.3 is 5.00 Å². The highest BCUT2D eigenvalue weighted by atomic mass is 35.5. The molecule has 0 aliphatic heterocycles. The molecule has 3 aromatic heterocycles. The SMILES string of the molecule is O=[N+]([O-])c1cnc(Oc2ccc(CCNc3ncnc4scc(Cl)c34)cc2)s1. The van der Waals surface area contributed by atoms with Gasteiger partial charge in [-0.1, -0.05) is 23.7 Å². The molecule has 3 heterocycles. The van der Waals surface area contributed by atoms with Crippen molar-refractivity contribution in [2.75, 3.05) is 11.9 Å². The molecule has 28 heavy (non-hydrogen) atoms. The maximum Gasteiger partial charge on any atom is 0.347 e. The molecule has 4 aromatic rings. The van der Waals surface area contributed by atoms with Crippen molar-refractivity contribution in [3.8, 4) is 10.9 Å². The van der Waals surface area contributed by atoms with Crippen LogP contribution in [-0.2, 0) is 6.42 Å². The van der Waals surface area contributed by atoms with Crippen LogP contribution in [0, 0.1) is 10.1 Å². The molecule has 1 aromatic carbocycles. The van der Waals surface area contributed by atoms with E-state index in [4.69, 9.17) is 16.3 Å². The number of rotatable bonds is 7. The summed E-state index contributed by atoms with van der Waals surface area (Å²) in [4.78, 5) is 23.4. The molecule has 0 spiro atoms. The largest absolute Gasteiger partial charge is 0.431 e. The second kappa shape index (κ2) is 8.05. The van der Waals surface area contributed by atoms with Gasteiger partial charge in [-0.15, -0.1) is 11.3 Å². The Labute approximate surface area is 172 Å². The molecule has 0 saturated heterocycles. The first-order chi connectivity index (χ1) is 13.6. The van der Waals surface area contributed by atoms with E-state index in [-0.39, 0.29) is 10.2 Å². The quantitative estimate of drug-likeness (QED) is 0.317. The lowest BCUT2D eigenvalue weighted by molar-refractivity contribution is -0.380. The summed E-state index contributed by atoms with van der Waals surface area (Å²) >= 11 is 8.59. The van der Waals surface area contributed by atoms with E-state index in [1.165, 1.54) is 23.9 Å². The second-order valence-electron chi connectivity index (χ2n) is 5.63. The molecule has 0 unspecified atom stereocenters. The van der Waals surface area contributed by atoms with Crippen molar-refractivity contribution in [1.29, 1.82) is 0 Å². The van der Waals surface area contributed by atoms with Gasteiger partial charge < -0.3 is 10.1 Å². The number of hydrogen-bond acceptors (Lipinski definition) is 9. The Balaban J connectivity index is 1.35. The van der Waals surface area contributed by atoms with E-state index in [1.54, 1.807) is 12.1 Å². The molecule has 0 amide bonds. The van der Waals surface area contributed by atoms with Crippen LogP contribution in [0.4, 0.5) is 10.8 Å². The van der Waals surface area contributed by atoms with Gasteiger partial charge in [0.1, 0.15) is 28.9 Å². The van der Waals surface area contributed by atoms with E-state index in [0.717, 1.165) is 39.4 Å². The highest BCUT2D eigenvalue weighted by Gasteiger charge is 2.13. The minimum atomic E-state index is -0.491. The fourth-order valence-electron chi connectivity index (χ4n) is 2.51. The van der Waals surface area contributed by atoms with E-state index in [9.17, 15) is 10.1 Å². The summed E-state index contributed by atoms with van der Waals surface area (Å²) in [7, 11) is 0. The maximum absolute atomic E-state index is 10.7. The number of fused-ring (bicyclic) bond motifs is 1. The predicted molar refractivity (Wildman–Crippen MR) is 110 cm³/mol. The van der Waals surface area contributed by atoms with Crippen molar-refractivity contribution in [3.63, 3.8) is 0 Å². The predicted octanol–water partition coefficient (Wildman–Crippen LogP) is 5.16. The molecule has 0 atom stereocenters. The number of nitrogens with zero attached hydrogens (tertiary/aromatic N) is 4. The molecule has 142 valence electrons. The number of thiazole rings is 1. The Morgan fingerprint density at radius 1 is 1.21 bits per heavy atom. The van der Waals surface area contributed by atoms with Crippen molar-refractivity contribution in [3.05, 3.63) is 62.9 Å². The van der Waals surface area contributed by atoms with Gasteiger partial charge in [-0.2, -0.15) is 0 Å². The highest BCUT2D eigenvalue weighted by Crippen LogP contribution is 2.33. The molecule has 0 fully saturated rings. The lowest BCUT2D eigenvalue weighted by Crippen LogP contribution is -2.06. The normalized spacial score (nSPS) is 10.9. The van der Waals surface area contributed by atoms with Crippen LogP contribution in [0.5, 0.6) is 10.9 Å². The lowest BCUT2D eigenvalue weighted by atomic mass is 10.1. The van der Waals surface area contributed by atoms with Gasteiger partial charge in [-0.3, -0.25) is 10.1 Å². The summed E-state index contributed by atoms with van der Waals surface area (Å²) in [6, 6.07) is 7.49. The summed E-state index contributed by atoms with van der Waals surface area (Å²) in [5.74, 6) is 1.30. The summed E-state index contributed by atoms with van der Waals surface area (Å²) in [5.41, 5.74) is 1.10. The van der Waals surface area contributed by atoms with Gasteiger partial charge in [-0.25, -0.2) is 15.0 Å². The molecule has 4 rings (SSSR count). The summed E-state index contributed by atoms with van der Waals surface area (Å²) in [6.07, 6.45) is 3.48. The van der Waals surface area contributed by atoms with Crippen LogP contribution < -0.4 is 10.1 Å². The van der Waals surface area contributed by atoms with E-state index in [0.29, 0.717) is 17.3 Å². The van der Waals surface area contributed by atoms with Crippen molar-refractivity contribution >= 4 is 55.3 Å². The number of halogens is 1. The average molecular weight is 434 g/mol. The first-order valence-electron chi connectivity index (χ1n) is 8.09. The number of nitrogens with one attached hydrogen (secondary N) is 1. The van der Waals surface area contributed by atoms with Crippen molar-refractivity contribution < 1.29 is 9.66 Å². The zero-order valence-corrected chi connectivity index (χ0v) is 16.6. The zero-order chi connectivity index (χ0) is 19.5. The van der Waals surface area contributed by atoms with Crippen LogP contribution in [-0.4, -0.2) is 26.4 Å². The van der Waals surface area contributed by atoms with Crippen LogP contribution in [0.25, 0.3) is 10.2 Å². The van der Waals surface area contributed by atoms with Crippen LogP contribution >= 0.6 is 34.3 Å². The number of ether oxygens (including phenoxy) is 1. The van der Waals surface area contributed by atoms with Gasteiger partial charge in [-0.05, 0) is 35.5 Å². The Kier molecular flexibility index (Phi) is 5.33. The molecule has 11 heteroatoms. The third-order valence-corrected chi connectivity index (χ3v) is 5.95. The Hall–Kier alpha value is -2.82. The van der Waals surface area contributed by atoms with Crippen LogP contribution in [0.2, 0.25) is 5.02 Å². The molecule has 0 bridgehead atoms. The van der Waals surface area contributed by atoms with E-state index < -0.39 is 4.92 Å². The lowest BCUT2D eigenvalue weighted by Gasteiger charge is -2.08. The number of nitro groups is 1. The second-order valence-corrected chi connectivity index (χ2v) is 7.87. The molecule has 1 N–H and O–H groups in total. The van der Waals surface area contributed by atoms with E-state index in [2.05, 4.69) is 20.3 Å². The Bertz CT molecular complexity index is 1130. The van der Waals surface area contributed by atoms with Crippen LogP contribution in [0.15, 0.2) is 42.2 Å². The number of hydrogen-bond donors (Lipinski definition) is 1. The molecular weight excluding hydrogens is 422 g/mol. The first-order valence-corrected chi connectivity index (χ1v) is 10.2. The van der Waals surface area contributed by atoms with Gasteiger partial charge in [0, 0.05) is 11.9 Å². The summed E-state index contributed by atoms with van der Waals surface area (Å²) in [5, 5.41) is 17.5. The summed E-state index contributed by atoms with van der Waals surface area (Å²) < 4.78 is 5.55. The molecule has 0 aliphatic carbocycles. The molecule has 0 saturated carbocycles. The fraction of sp³-hybridized carbons (Fsp3) is 0.118. The number of thiophene rings is 1. The Morgan fingerprint density at radius 3 is 2.79 bits per heavy atom. The zero-order valence-electron chi connectivity index (χ0n) is 14.2. The fourth-order valence-corrected chi connectivity index (χ4v) is 4.24. The molecule has 0 radical (unpaired) electrons. The third kappa shape index (κ3) is 4.03. The van der Waals surface area contributed by atoms with Crippen LogP contribution in [0.1, 0.15) is 5.56 Å². The molecule has 8 nitrogen and oxygen atoms in total. The standard InChI is InChI=1S/C17H12ClN5O3S2/c18-12-8-27-16-14(12)15(21-9-22-16)19-6-5-10-1-3-11(4-2-10)26-17-20-7-13(28-17)23(24)25/h1-4,7-9H,5-6H2,(H,19,21,22). The smallest absolute Gasteiger partial charge is 0.347 e. The maximum atomic E-state index is 10.7. The number of benzene rings is 1. The minimum Gasteiger partial charge on any atom is -0.431 e. The topological polar surface area (TPSA) is 103 Å². The summed E-state index contributed by atoms with van der Waals surface area (Å²) in [6.45, 7) is 0.678. The minimum absolute atomic E-state index is 0.0535. The van der Waals surface area contributed by atoms with E-state index >= 15 is 0 Å². The first kappa shape index (κ1) is 18.5. The third-order valence-electron chi connectivity index (χ3n) is 3.81. The van der Waals surface area contributed by atoms with Gasteiger partial charge in [0.25, 0.3) is 5.19 Å². The molecular formula is C17H12ClN5O3S2. The Morgan fingerprint density at radius 2 is 2.04 bits per heavy atom. The van der Waals surface area contributed by atoms with E-state index in [1.807, 2.05) is 17.5 Å². The molecule has 0 aliphatic rings. The van der Waals surface area contributed by atoms with Crippen molar-refractivity contribution in [2.24, 2.45) is 0 Å². The van der Waals surface area contributed by atoms with Crippen molar-refractivity contribution in [1.82, 2.24) is 15.0 Å². The van der Waals surface area contributed by atoms with Gasteiger partial charge in [0.05, 0.1) is 15.3 Å². The van der Waals surface area contributed by atoms with Crippen molar-refractivity contribution in [2.45, 2.75) is 6.42 Å². The monoisotopic (exact) mass is 433 g/mol. The van der Waals surface area contributed by atoms with Gasteiger partial charge in [0.15, 0.2) is 0 Å². The van der Waals surface area contributed by atoms with Gasteiger partial charge in [0.2, 0.25) is 0 Å². The average Bonchev–Trinajstić information content (AvgIpc) is 3.31. The highest BCUT2D eigenvalue weighted by molar-refractivity contribution is 7.17.